The number of carbonyl (C=O) groups excluding carboxylic acids is 1. The van der Waals surface area contributed by atoms with Crippen molar-refractivity contribution >= 4 is 22.9 Å². The van der Waals surface area contributed by atoms with Gasteiger partial charge in [-0.3, -0.25) is 9.78 Å². The maximum atomic E-state index is 12.1. The largest absolute Gasteiger partial charge is 0.386 e. The molecule has 5 heteroatoms. The van der Waals surface area contributed by atoms with Crippen molar-refractivity contribution in [2.75, 3.05) is 12.4 Å². The molecule has 2 aromatic heterocycles. The molecular formula is C13H15N3OS. The number of nitrogens with zero attached hydrogens (tertiary/aromatic N) is 1. The first-order chi connectivity index (χ1) is 8.72. The van der Waals surface area contributed by atoms with Crippen molar-refractivity contribution in [1.29, 1.82) is 0 Å². The molecule has 18 heavy (non-hydrogen) atoms. The number of aryl methyl sites for hydroxylation is 1. The van der Waals surface area contributed by atoms with E-state index in [0.717, 1.165) is 11.3 Å². The van der Waals surface area contributed by atoms with Gasteiger partial charge in [-0.1, -0.05) is 0 Å². The molecular weight excluding hydrogens is 246 g/mol. The molecule has 94 valence electrons. The number of hydrogen-bond donors (Lipinski definition) is 2. The monoisotopic (exact) mass is 261 g/mol. The average molecular weight is 261 g/mol. The van der Waals surface area contributed by atoms with E-state index < -0.39 is 0 Å². The summed E-state index contributed by atoms with van der Waals surface area (Å²) in [7, 11) is 1.77. The molecule has 0 atom stereocenters. The zero-order valence-electron chi connectivity index (χ0n) is 10.4. The highest BCUT2D eigenvalue weighted by Gasteiger charge is 2.10. The van der Waals surface area contributed by atoms with Crippen molar-refractivity contribution in [1.82, 2.24) is 10.3 Å². The van der Waals surface area contributed by atoms with E-state index in [9.17, 15) is 4.79 Å². The molecule has 0 aliphatic carbocycles. The molecule has 2 rings (SSSR count). The van der Waals surface area contributed by atoms with Gasteiger partial charge in [-0.05, 0) is 34.9 Å². The molecule has 0 unspecified atom stereocenters. The summed E-state index contributed by atoms with van der Waals surface area (Å²) in [6.45, 7) is 2.60. The van der Waals surface area contributed by atoms with Crippen molar-refractivity contribution in [2.45, 2.75) is 13.5 Å². The van der Waals surface area contributed by atoms with Crippen LogP contribution < -0.4 is 10.6 Å². The van der Waals surface area contributed by atoms with Gasteiger partial charge in [0.25, 0.3) is 5.91 Å². The SMILES string of the molecule is CNc1cnccc1C(=O)NCc1cscc1C. The van der Waals surface area contributed by atoms with Gasteiger partial charge in [-0.25, -0.2) is 0 Å². The van der Waals surface area contributed by atoms with E-state index in [4.69, 9.17) is 0 Å². The number of anilines is 1. The van der Waals surface area contributed by atoms with E-state index in [-0.39, 0.29) is 5.91 Å². The van der Waals surface area contributed by atoms with E-state index in [0.29, 0.717) is 12.1 Å². The number of hydrogen-bond acceptors (Lipinski definition) is 4. The molecule has 0 fully saturated rings. The number of carbonyl (C=O) groups is 1. The second-order valence-corrected chi connectivity index (χ2v) is 4.68. The molecule has 1 amide bonds. The summed E-state index contributed by atoms with van der Waals surface area (Å²) in [6, 6.07) is 1.71. The van der Waals surface area contributed by atoms with Crippen LogP contribution in [0.2, 0.25) is 0 Å². The van der Waals surface area contributed by atoms with Gasteiger partial charge >= 0.3 is 0 Å². The predicted molar refractivity (Wildman–Crippen MR) is 74.0 cm³/mol. The average Bonchev–Trinajstić information content (AvgIpc) is 2.81. The van der Waals surface area contributed by atoms with E-state index in [2.05, 4.69) is 26.4 Å². The first-order valence-corrected chi connectivity index (χ1v) is 6.58. The summed E-state index contributed by atoms with van der Waals surface area (Å²) in [5.74, 6) is -0.0904. The Bertz CT molecular complexity index is 551. The minimum absolute atomic E-state index is 0.0904. The molecule has 0 radical (unpaired) electrons. The molecule has 0 saturated carbocycles. The zero-order chi connectivity index (χ0) is 13.0. The van der Waals surface area contributed by atoms with Crippen LogP contribution in [0.4, 0.5) is 5.69 Å². The molecule has 0 aliphatic rings. The Morgan fingerprint density at radius 1 is 1.44 bits per heavy atom. The standard InChI is InChI=1S/C13H15N3OS/c1-9-7-18-8-10(9)5-16-13(17)11-3-4-15-6-12(11)14-2/h3-4,6-8,14H,5H2,1-2H3,(H,16,17). The first kappa shape index (κ1) is 12.6. The van der Waals surface area contributed by atoms with Gasteiger partial charge < -0.3 is 10.6 Å². The fourth-order valence-electron chi connectivity index (χ4n) is 1.63. The minimum atomic E-state index is -0.0904. The first-order valence-electron chi connectivity index (χ1n) is 5.64. The molecule has 0 bridgehead atoms. The van der Waals surface area contributed by atoms with Gasteiger partial charge in [0.15, 0.2) is 0 Å². The zero-order valence-corrected chi connectivity index (χ0v) is 11.2. The summed E-state index contributed by atoms with van der Waals surface area (Å²) in [5.41, 5.74) is 3.72. The third kappa shape index (κ3) is 2.68. The van der Waals surface area contributed by atoms with Crippen LogP contribution in [0.25, 0.3) is 0 Å². The van der Waals surface area contributed by atoms with E-state index in [1.807, 2.05) is 6.92 Å². The van der Waals surface area contributed by atoms with Gasteiger partial charge in [0.1, 0.15) is 0 Å². The van der Waals surface area contributed by atoms with Crippen LogP contribution in [-0.4, -0.2) is 17.9 Å². The van der Waals surface area contributed by atoms with Gasteiger partial charge in [0, 0.05) is 19.8 Å². The molecule has 0 aliphatic heterocycles. The highest BCUT2D eigenvalue weighted by Crippen LogP contribution is 2.15. The number of thiophene rings is 1. The van der Waals surface area contributed by atoms with Crippen LogP contribution >= 0.6 is 11.3 Å². The Balaban J connectivity index is 2.06. The Labute approximate surface area is 110 Å². The third-order valence-corrected chi connectivity index (χ3v) is 3.65. The van der Waals surface area contributed by atoms with Gasteiger partial charge in [-0.15, -0.1) is 0 Å². The second kappa shape index (κ2) is 5.64. The Hall–Kier alpha value is -1.88. The molecule has 0 saturated heterocycles. The fraction of sp³-hybridized carbons (Fsp3) is 0.231. The van der Waals surface area contributed by atoms with Gasteiger partial charge in [-0.2, -0.15) is 11.3 Å². The second-order valence-electron chi connectivity index (χ2n) is 3.93. The Kier molecular flexibility index (Phi) is 3.94. The fourth-order valence-corrected chi connectivity index (χ4v) is 2.49. The summed E-state index contributed by atoms with van der Waals surface area (Å²) in [5, 5.41) is 10.0. The Morgan fingerprint density at radius 2 is 2.28 bits per heavy atom. The number of nitrogens with one attached hydrogen (secondary N) is 2. The lowest BCUT2D eigenvalue weighted by atomic mass is 10.2. The van der Waals surface area contributed by atoms with E-state index in [1.54, 1.807) is 36.8 Å². The Morgan fingerprint density at radius 3 is 2.94 bits per heavy atom. The van der Waals surface area contributed by atoms with Crippen LogP contribution in [0.1, 0.15) is 21.5 Å². The summed E-state index contributed by atoms with van der Waals surface area (Å²) in [4.78, 5) is 16.0. The number of pyridine rings is 1. The van der Waals surface area contributed by atoms with Crippen molar-refractivity contribution in [3.8, 4) is 0 Å². The summed E-state index contributed by atoms with van der Waals surface area (Å²) in [6.07, 6.45) is 3.26. The quantitative estimate of drug-likeness (QED) is 0.888. The van der Waals surface area contributed by atoms with Crippen molar-refractivity contribution < 1.29 is 4.79 Å². The van der Waals surface area contributed by atoms with Crippen LogP contribution in [0.5, 0.6) is 0 Å². The lowest BCUT2D eigenvalue weighted by Crippen LogP contribution is -2.23. The third-order valence-electron chi connectivity index (χ3n) is 2.74. The predicted octanol–water partition coefficient (Wildman–Crippen LogP) is 2.42. The number of aromatic nitrogens is 1. The highest BCUT2D eigenvalue weighted by molar-refractivity contribution is 7.08. The lowest BCUT2D eigenvalue weighted by Gasteiger charge is -2.09. The lowest BCUT2D eigenvalue weighted by molar-refractivity contribution is 0.0951. The molecule has 4 nitrogen and oxygen atoms in total. The van der Waals surface area contributed by atoms with Crippen LogP contribution in [0.15, 0.2) is 29.2 Å². The van der Waals surface area contributed by atoms with E-state index >= 15 is 0 Å². The number of amides is 1. The molecule has 2 aromatic rings. The summed E-state index contributed by atoms with van der Waals surface area (Å²) < 4.78 is 0. The van der Waals surface area contributed by atoms with Crippen LogP contribution in [-0.2, 0) is 6.54 Å². The van der Waals surface area contributed by atoms with Crippen molar-refractivity contribution in [3.63, 3.8) is 0 Å². The highest BCUT2D eigenvalue weighted by atomic mass is 32.1. The van der Waals surface area contributed by atoms with Gasteiger partial charge in [0.05, 0.1) is 17.4 Å². The minimum Gasteiger partial charge on any atom is -0.386 e. The molecule has 2 heterocycles. The van der Waals surface area contributed by atoms with Crippen molar-refractivity contribution in [2.24, 2.45) is 0 Å². The van der Waals surface area contributed by atoms with E-state index in [1.165, 1.54) is 5.56 Å². The topological polar surface area (TPSA) is 54.0 Å². The van der Waals surface area contributed by atoms with Crippen molar-refractivity contribution in [3.05, 3.63) is 45.9 Å². The molecule has 0 aromatic carbocycles. The molecule has 0 spiro atoms. The summed E-state index contributed by atoms with van der Waals surface area (Å²) >= 11 is 1.65. The molecule has 2 N–H and O–H groups in total. The van der Waals surface area contributed by atoms with Crippen LogP contribution in [0, 0.1) is 6.92 Å². The van der Waals surface area contributed by atoms with Gasteiger partial charge in [0.2, 0.25) is 0 Å². The smallest absolute Gasteiger partial charge is 0.253 e. The maximum absolute atomic E-state index is 12.1. The maximum Gasteiger partial charge on any atom is 0.253 e. The normalized spacial score (nSPS) is 10.1. The van der Waals surface area contributed by atoms with Crippen LogP contribution in [0.3, 0.4) is 0 Å². The number of rotatable bonds is 4.